The van der Waals surface area contributed by atoms with Crippen molar-refractivity contribution in [2.45, 2.75) is 19.6 Å². The Kier molecular flexibility index (Phi) is 5.21. The lowest BCUT2D eigenvalue weighted by Crippen LogP contribution is -2.33. The number of carbonyl (C=O) groups excluding carboxylic acids is 1. The number of fused-ring (bicyclic) bond motifs is 2. The number of aromatic nitrogens is 4. The molecule has 3 aromatic heterocycles. The molecule has 0 saturated heterocycles. The molecule has 168 valence electrons. The van der Waals surface area contributed by atoms with Crippen LogP contribution in [0, 0.1) is 5.82 Å². The molecular formula is C22H19ClFN7O2. The van der Waals surface area contributed by atoms with Gasteiger partial charge in [0, 0.05) is 17.1 Å². The van der Waals surface area contributed by atoms with Gasteiger partial charge in [0.15, 0.2) is 5.65 Å². The highest BCUT2D eigenvalue weighted by molar-refractivity contribution is 6.30. The van der Waals surface area contributed by atoms with Gasteiger partial charge in [-0.3, -0.25) is 4.79 Å². The topological polar surface area (TPSA) is 119 Å². The molecule has 4 aromatic rings. The summed E-state index contributed by atoms with van der Waals surface area (Å²) in [6, 6.07) is 8.42. The van der Waals surface area contributed by atoms with E-state index in [4.69, 9.17) is 22.1 Å². The summed E-state index contributed by atoms with van der Waals surface area (Å²) in [4.78, 5) is 21.6. The molecule has 4 heterocycles. The van der Waals surface area contributed by atoms with Gasteiger partial charge in [0.05, 0.1) is 24.5 Å². The Hall–Kier alpha value is -3.92. The number of rotatable bonds is 1. The Balaban J connectivity index is 1.71. The SMILES string of the molecule is CC1CNC(=O)c2cnn3c(N)c(-c4ccc(Cl)cc4)c(nc23)NCc2cc(F)cnc2O1. The molecular weight excluding hydrogens is 449 g/mol. The van der Waals surface area contributed by atoms with Crippen LogP contribution in [0.1, 0.15) is 22.8 Å². The highest BCUT2D eigenvalue weighted by Crippen LogP contribution is 2.35. The second-order valence-corrected chi connectivity index (χ2v) is 8.07. The van der Waals surface area contributed by atoms with Gasteiger partial charge in [0.1, 0.15) is 29.1 Å². The van der Waals surface area contributed by atoms with E-state index >= 15 is 0 Å². The molecule has 1 unspecified atom stereocenters. The molecule has 11 heteroatoms. The lowest BCUT2D eigenvalue weighted by molar-refractivity contribution is 0.0932. The van der Waals surface area contributed by atoms with E-state index in [1.54, 1.807) is 31.2 Å². The standard InChI is InChI=1S/C22H19ClFN7O2/c1-11-7-27-21(32)16-10-29-31-18(25)17(12-2-4-14(23)5-3-12)19(30-20(16)31)26-8-13-6-15(24)9-28-22(13)33-11/h2-6,9-11H,7-8,25H2,1H3,(H,26,30)(H,27,32). The van der Waals surface area contributed by atoms with E-state index in [0.717, 1.165) is 11.8 Å². The molecule has 9 nitrogen and oxygen atoms in total. The summed E-state index contributed by atoms with van der Waals surface area (Å²) in [6.07, 6.45) is 2.09. The van der Waals surface area contributed by atoms with Crippen molar-refractivity contribution < 1.29 is 13.9 Å². The number of nitrogens with zero attached hydrogens (tertiary/aromatic N) is 4. The molecule has 1 aliphatic heterocycles. The lowest BCUT2D eigenvalue weighted by Gasteiger charge is -2.18. The summed E-state index contributed by atoms with van der Waals surface area (Å²) in [5.74, 6) is 0.0581. The fourth-order valence-corrected chi connectivity index (χ4v) is 3.77. The summed E-state index contributed by atoms with van der Waals surface area (Å²) in [5.41, 5.74) is 8.83. The monoisotopic (exact) mass is 467 g/mol. The first kappa shape index (κ1) is 21.0. The number of nitrogen functional groups attached to an aromatic ring is 1. The number of carbonyl (C=O) groups is 1. The fraction of sp³-hybridized carbons (Fsp3) is 0.182. The first-order chi connectivity index (χ1) is 15.9. The fourth-order valence-electron chi connectivity index (χ4n) is 3.65. The number of nitrogens with one attached hydrogen (secondary N) is 2. The van der Waals surface area contributed by atoms with E-state index in [1.165, 1.54) is 16.8 Å². The van der Waals surface area contributed by atoms with Gasteiger partial charge >= 0.3 is 0 Å². The van der Waals surface area contributed by atoms with Crippen molar-refractivity contribution in [3.05, 3.63) is 64.7 Å². The van der Waals surface area contributed by atoms with Crippen molar-refractivity contribution >= 4 is 34.8 Å². The Morgan fingerprint density at radius 1 is 1.24 bits per heavy atom. The van der Waals surface area contributed by atoms with Crippen molar-refractivity contribution in [2.75, 3.05) is 17.6 Å². The number of halogens is 2. The van der Waals surface area contributed by atoms with Crippen molar-refractivity contribution in [1.82, 2.24) is 24.9 Å². The van der Waals surface area contributed by atoms with Crippen LogP contribution in [0.15, 0.2) is 42.7 Å². The molecule has 0 radical (unpaired) electrons. The summed E-state index contributed by atoms with van der Waals surface area (Å²) >= 11 is 6.05. The van der Waals surface area contributed by atoms with Gasteiger partial charge in [-0.15, -0.1) is 0 Å². The number of hydrogen-bond donors (Lipinski definition) is 3. The number of ether oxygens (including phenoxy) is 1. The minimum atomic E-state index is -0.497. The van der Waals surface area contributed by atoms with Crippen molar-refractivity contribution in [2.24, 2.45) is 0 Å². The van der Waals surface area contributed by atoms with Gasteiger partial charge in [-0.2, -0.15) is 9.61 Å². The lowest BCUT2D eigenvalue weighted by atomic mass is 10.1. The number of anilines is 2. The Morgan fingerprint density at radius 2 is 2.03 bits per heavy atom. The smallest absolute Gasteiger partial charge is 0.256 e. The molecule has 1 aromatic carbocycles. The quantitative estimate of drug-likeness (QED) is 0.393. The van der Waals surface area contributed by atoms with Gasteiger partial charge < -0.3 is 21.1 Å². The van der Waals surface area contributed by atoms with Gasteiger partial charge in [0.2, 0.25) is 5.88 Å². The van der Waals surface area contributed by atoms with E-state index < -0.39 is 11.9 Å². The van der Waals surface area contributed by atoms with Crippen molar-refractivity contribution in [3.63, 3.8) is 0 Å². The number of benzene rings is 1. The molecule has 33 heavy (non-hydrogen) atoms. The van der Waals surface area contributed by atoms with Crippen molar-refractivity contribution in [3.8, 4) is 17.0 Å². The van der Waals surface area contributed by atoms with Crippen LogP contribution in [0.5, 0.6) is 5.88 Å². The van der Waals surface area contributed by atoms with E-state index in [9.17, 15) is 9.18 Å². The molecule has 1 amide bonds. The van der Waals surface area contributed by atoms with Gasteiger partial charge in [-0.05, 0) is 30.7 Å². The third-order valence-corrected chi connectivity index (χ3v) is 5.51. The predicted octanol–water partition coefficient (Wildman–Crippen LogP) is 3.29. The second kappa shape index (κ2) is 8.21. The molecule has 0 fully saturated rings. The average molecular weight is 468 g/mol. The average Bonchev–Trinajstić information content (AvgIpc) is 3.22. The molecule has 0 saturated carbocycles. The minimum Gasteiger partial charge on any atom is -0.473 e. The van der Waals surface area contributed by atoms with E-state index in [0.29, 0.717) is 22.0 Å². The zero-order chi connectivity index (χ0) is 23.1. The summed E-state index contributed by atoms with van der Waals surface area (Å²) in [6.45, 7) is 2.14. The zero-order valence-electron chi connectivity index (χ0n) is 17.5. The van der Waals surface area contributed by atoms with Crippen LogP contribution in [0.4, 0.5) is 16.0 Å². The number of amides is 1. The van der Waals surface area contributed by atoms with Crippen molar-refractivity contribution in [1.29, 1.82) is 0 Å². The first-order valence-corrected chi connectivity index (χ1v) is 10.5. The Bertz CT molecular complexity index is 1370. The van der Waals surface area contributed by atoms with E-state index in [2.05, 4.69) is 25.7 Å². The summed E-state index contributed by atoms with van der Waals surface area (Å²) in [5, 5.41) is 10.9. The zero-order valence-corrected chi connectivity index (χ0v) is 18.2. The third-order valence-electron chi connectivity index (χ3n) is 5.26. The highest BCUT2D eigenvalue weighted by atomic mass is 35.5. The Morgan fingerprint density at radius 3 is 2.82 bits per heavy atom. The molecule has 5 rings (SSSR count). The number of pyridine rings is 1. The van der Waals surface area contributed by atoms with Gasteiger partial charge in [-0.25, -0.2) is 14.4 Å². The van der Waals surface area contributed by atoms with Crippen LogP contribution in [-0.4, -0.2) is 38.1 Å². The number of nitrogens with two attached hydrogens (primary N) is 1. The first-order valence-electron chi connectivity index (χ1n) is 10.2. The maximum Gasteiger partial charge on any atom is 0.256 e. The molecule has 1 aliphatic rings. The summed E-state index contributed by atoms with van der Waals surface area (Å²) < 4.78 is 21.2. The maximum atomic E-state index is 14.0. The second-order valence-electron chi connectivity index (χ2n) is 7.63. The number of hydrogen-bond acceptors (Lipinski definition) is 7. The van der Waals surface area contributed by atoms with Crippen LogP contribution in [0.3, 0.4) is 0 Å². The molecule has 2 bridgehead atoms. The molecule has 0 spiro atoms. The maximum absolute atomic E-state index is 14.0. The van der Waals surface area contributed by atoms with Gasteiger partial charge in [-0.1, -0.05) is 23.7 Å². The van der Waals surface area contributed by atoms with Crippen LogP contribution in [-0.2, 0) is 6.54 Å². The minimum absolute atomic E-state index is 0.154. The van der Waals surface area contributed by atoms with Gasteiger partial charge in [0.25, 0.3) is 5.91 Å². The third kappa shape index (κ3) is 3.89. The normalized spacial score (nSPS) is 16.1. The van der Waals surface area contributed by atoms with E-state index in [1.807, 2.05) is 0 Å². The van der Waals surface area contributed by atoms with Crippen LogP contribution < -0.4 is 21.1 Å². The summed E-state index contributed by atoms with van der Waals surface area (Å²) in [7, 11) is 0. The molecule has 0 aliphatic carbocycles. The molecule has 4 N–H and O–H groups in total. The van der Waals surface area contributed by atoms with Crippen LogP contribution in [0.2, 0.25) is 5.02 Å². The largest absolute Gasteiger partial charge is 0.473 e. The van der Waals surface area contributed by atoms with E-state index in [-0.39, 0.29) is 41.9 Å². The highest BCUT2D eigenvalue weighted by Gasteiger charge is 2.23. The molecule has 1 atom stereocenters. The van der Waals surface area contributed by atoms with Crippen LogP contribution in [0.25, 0.3) is 16.8 Å². The van der Waals surface area contributed by atoms with Crippen LogP contribution >= 0.6 is 11.6 Å². The predicted molar refractivity (Wildman–Crippen MR) is 122 cm³/mol. The Labute approximate surface area is 192 Å².